The predicted molar refractivity (Wildman–Crippen MR) is 84.4 cm³/mol. The van der Waals surface area contributed by atoms with Crippen molar-refractivity contribution in [2.45, 2.75) is 26.3 Å². The summed E-state index contributed by atoms with van der Waals surface area (Å²) in [5.74, 6) is 0.833. The zero-order valence-electron chi connectivity index (χ0n) is 11.9. The monoisotopic (exact) mass is 289 g/mol. The van der Waals surface area contributed by atoms with Crippen molar-refractivity contribution in [3.8, 4) is 5.75 Å². The number of aryl methyl sites for hydroxylation is 1. The van der Waals surface area contributed by atoms with Crippen molar-refractivity contribution >= 4 is 11.6 Å². The Morgan fingerprint density at radius 2 is 1.80 bits per heavy atom. The third kappa shape index (κ3) is 3.14. The molecule has 3 heteroatoms. The average Bonchev–Trinajstić information content (AvgIpc) is 2.47. The molecular weight excluding hydrogens is 270 g/mol. The first kappa shape index (κ1) is 14.9. The van der Waals surface area contributed by atoms with Crippen LogP contribution in [0.5, 0.6) is 5.75 Å². The summed E-state index contributed by atoms with van der Waals surface area (Å²) in [5, 5.41) is 0.727. The number of halogens is 1. The van der Waals surface area contributed by atoms with E-state index in [0.717, 1.165) is 33.9 Å². The Kier molecular flexibility index (Phi) is 5.05. The fourth-order valence-corrected chi connectivity index (χ4v) is 2.40. The van der Waals surface area contributed by atoms with Crippen molar-refractivity contribution in [3.63, 3.8) is 0 Å². The second-order valence-corrected chi connectivity index (χ2v) is 5.22. The number of para-hydroxylation sites is 1. The highest BCUT2D eigenvalue weighted by atomic mass is 35.5. The summed E-state index contributed by atoms with van der Waals surface area (Å²) in [7, 11) is 0. The number of nitrogens with two attached hydrogens (primary N) is 1. The van der Waals surface area contributed by atoms with Gasteiger partial charge in [0.15, 0.2) is 0 Å². The van der Waals surface area contributed by atoms with Crippen LogP contribution in [0.3, 0.4) is 0 Å². The molecule has 2 N–H and O–H groups in total. The highest BCUT2D eigenvalue weighted by Crippen LogP contribution is 2.33. The van der Waals surface area contributed by atoms with Gasteiger partial charge in [-0.2, -0.15) is 0 Å². The Morgan fingerprint density at radius 1 is 1.10 bits per heavy atom. The van der Waals surface area contributed by atoms with E-state index in [2.05, 4.69) is 6.92 Å². The van der Waals surface area contributed by atoms with Gasteiger partial charge in [-0.25, -0.2) is 0 Å². The molecule has 106 valence electrons. The van der Waals surface area contributed by atoms with Crippen LogP contribution in [0.4, 0.5) is 0 Å². The molecule has 0 amide bonds. The van der Waals surface area contributed by atoms with E-state index in [-0.39, 0.29) is 6.04 Å². The minimum absolute atomic E-state index is 0.282. The van der Waals surface area contributed by atoms with E-state index < -0.39 is 0 Å². The molecule has 0 aliphatic rings. The summed E-state index contributed by atoms with van der Waals surface area (Å²) in [4.78, 5) is 0. The van der Waals surface area contributed by atoms with Crippen LogP contribution in [-0.2, 0) is 0 Å². The molecule has 2 aromatic carbocycles. The quantitative estimate of drug-likeness (QED) is 0.880. The first-order chi connectivity index (χ1) is 9.65. The maximum atomic E-state index is 6.39. The average molecular weight is 290 g/mol. The molecule has 1 unspecified atom stereocenters. The third-order valence-corrected chi connectivity index (χ3v) is 3.79. The topological polar surface area (TPSA) is 35.2 Å². The van der Waals surface area contributed by atoms with Gasteiger partial charge in [-0.1, -0.05) is 54.9 Å². The normalized spacial score (nSPS) is 12.2. The molecule has 2 aromatic rings. The van der Waals surface area contributed by atoms with Crippen molar-refractivity contribution in [1.82, 2.24) is 0 Å². The van der Waals surface area contributed by atoms with Gasteiger partial charge in [-0.05, 0) is 30.5 Å². The Labute approximate surface area is 125 Å². The Bertz CT molecular complexity index is 583. The molecule has 0 saturated carbocycles. The van der Waals surface area contributed by atoms with Gasteiger partial charge < -0.3 is 10.5 Å². The largest absolute Gasteiger partial charge is 0.493 e. The Hall–Kier alpha value is -1.51. The molecule has 2 nitrogen and oxygen atoms in total. The second-order valence-electron chi connectivity index (χ2n) is 4.84. The van der Waals surface area contributed by atoms with Crippen LogP contribution in [0.25, 0.3) is 0 Å². The Morgan fingerprint density at radius 3 is 2.55 bits per heavy atom. The third-order valence-electron chi connectivity index (χ3n) is 3.27. The molecular formula is C17H20ClNO. The van der Waals surface area contributed by atoms with Gasteiger partial charge in [0.25, 0.3) is 0 Å². The lowest BCUT2D eigenvalue weighted by atomic mass is 9.97. The molecule has 0 aromatic heterocycles. The van der Waals surface area contributed by atoms with E-state index in [1.54, 1.807) is 0 Å². The van der Waals surface area contributed by atoms with Crippen LogP contribution in [0, 0.1) is 6.92 Å². The van der Waals surface area contributed by atoms with Crippen molar-refractivity contribution in [2.75, 3.05) is 6.61 Å². The Balaban J connectivity index is 2.38. The van der Waals surface area contributed by atoms with E-state index in [1.165, 1.54) is 0 Å². The van der Waals surface area contributed by atoms with Gasteiger partial charge in [0, 0.05) is 10.6 Å². The second kappa shape index (κ2) is 6.78. The lowest BCUT2D eigenvalue weighted by Gasteiger charge is -2.19. The number of benzene rings is 2. The number of hydrogen-bond acceptors (Lipinski definition) is 2. The molecule has 0 aliphatic carbocycles. The fraction of sp³-hybridized carbons (Fsp3) is 0.294. The van der Waals surface area contributed by atoms with Crippen LogP contribution >= 0.6 is 11.6 Å². The molecule has 0 bridgehead atoms. The summed E-state index contributed by atoms with van der Waals surface area (Å²) in [6, 6.07) is 13.5. The SMILES string of the molecule is CCCOc1ccccc1C(N)c1cccc(C)c1Cl. The van der Waals surface area contributed by atoms with Crippen molar-refractivity contribution in [3.05, 3.63) is 64.2 Å². The van der Waals surface area contributed by atoms with Crippen LogP contribution < -0.4 is 10.5 Å². The van der Waals surface area contributed by atoms with Gasteiger partial charge in [0.05, 0.1) is 12.6 Å². The lowest BCUT2D eigenvalue weighted by molar-refractivity contribution is 0.313. The predicted octanol–water partition coefficient (Wildman–Crippen LogP) is 4.49. The zero-order chi connectivity index (χ0) is 14.5. The van der Waals surface area contributed by atoms with Gasteiger partial charge in [-0.3, -0.25) is 0 Å². The van der Waals surface area contributed by atoms with E-state index in [1.807, 2.05) is 49.4 Å². The number of rotatable bonds is 5. The van der Waals surface area contributed by atoms with E-state index in [0.29, 0.717) is 6.61 Å². The smallest absolute Gasteiger partial charge is 0.124 e. The molecule has 0 spiro atoms. The highest BCUT2D eigenvalue weighted by Gasteiger charge is 2.17. The summed E-state index contributed by atoms with van der Waals surface area (Å²) >= 11 is 6.37. The van der Waals surface area contributed by atoms with E-state index in [9.17, 15) is 0 Å². The van der Waals surface area contributed by atoms with Crippen LogP contribution in [0.2, 0.25) is 5.02 Å². The van der Waals surface area contributed by atoms with E-state index in [4.69, 9.17) is 22.1 Å². The minimum atomic E-state index is -0.282. The standard InChI is InChI=1S/C17H20ClNO/c1-3-11-20-15-10-5-4-8-13(15)17(19)14-9-6-7-12(2)16(14)18/h4-10,17H,3,11,19H2,1-2H3. The maximum Gasteiger partial charge on any atom is 0.124 e. The molecule has 0 heterocycles. The number of ether oxygens (including phenoxy) is 1. The zero-order valence-corrected chi connectivity index (χ0v) is 12.7. The van der Waals surface area contributed by atoms with Crippen molar-refractivity contribution < 1.29 is 4.74 Å². The molecule has 1 atom stereocenters. The molecule has 20 heavy (non-hydrogen) atoms. The number of hydrogen-bond donors (Lipinski definition) is 1. The van der Waals surface area contributed by atoms with Crippen molar-refractivity contribution in [1.29, 1.82) is 0 Å². The molecule has 0 fully saturated rings. The fourth-order valence-electron chi connectivity index (χ4n) is 2.16. The van der Waals surface area contributed by atoms with Gasteiger partial charge in [-0.15, -0.1) is 0 Å². The maximum absolute atomic E-state index is 6.39. The highest BCUT2D eigenvalue weighted by molar-refractivity contribution is 6.32. The van der Waals surface area contributed by atoms with Gasteiger partial charge in [0.2, 0.25) is 0 Å². The van der Waals surface area contributed by atoms with Crippen LogP contribution in [0.1, 0.15) is 36.1 Å². The summed E-state index contributed by atoms with van der Waals surface area (Å²) in [6.45, 7) is 4.75. The summed E-state index contributed by atoms with van der Waals surface area (Å²) in [5.41, 5.74) is 9.32. The summed E-state index contributed by atoms with van der Waals surface area (Å²) < 4.78 is 5.78. The minimum Gasteiger partial charge on any atom is -0.493 e. The van der Waals surface area contributed by atoms with Crippen molar-refractivity contribution in [2.24, 2.45) is 5.73 Å². The van der Waals surface area contributed by atoms with E-state index >= 15 is 0 Å². The first-order valence-corrected chi connectivity index (χ1v) is 7.25. The molecule has 0 saturated heterocycles. The first-order valence-electron chi connectivity index (χ1n) is 6.87. The van der Waals surface area contributed by atoms with Crippen LogP contribution in [0.15, 0.2) is 42.5 Å². The molecule has 2 rings (SSSR count). The van der Waals surface area contributed by atoms with Gasteiger partial charge in [0.1, 0.15) is 5.75 Å². The summed E-state index contributed by atoms with van der Waals surface area (Å²) in [6.07, 6.45) is 0.967. The van der Waals surface area contributed by atoms with Gasteiger partial charge >= 0.3 is 0 Å². The molecule has 0 aliphatic heterocycles. The lowest BCUT2D eigenvalue weighted by Crippen LogP contribution is -2.14. The molecule has 0 radical (unpaired) electrons. The van der Waals surface area contributed by atoms with Crippen LogP contribution in [-0.4, -0.2) is 6.61 Å².